The van der Waals surface area contributed by atoms with Crippen LogP contribution in [0.15, 0.2) is 35.6 Å². The molecule has 26 heavy (non-hydrogen) atoms. The molecule has 0 bridgehead atoms. The molecule has 1 aromatic heterocycles. The smallest absolute Gasteiger partial charge is 0.266 e. The third-order valence-corrected chi connectivity index (χ3v) is 4.45. The Morgan fingerprint density at radius 2 is 2.27 bits per heavy atom. The Morgan fingerprint density at radius 1 is 1.46 bits per heavy atom. The predicted octanol–water partition coefficient (Wildman–Crippen LogP) is 2.08. The minimum absolute atomic E-state index is 0.0716. The van der Waals surface area contributed by atoms with Gasteiger partial charge in [0, 0.05) is 45.2 Å². The van der Waals surface area contributed by atoms with E-state index in [1.165, 1.54) is 0 Å². The minimum atomic E-state index is -0.558. The van der Waals surface area contributed by atoms with Gasteiger partial charge in [-0.1, -0.05) is 17.3 Å². The quantitative estimate of drug-likeness (QED) is 0.795. The number of carbonyl (C=O) groups excluding carboxylic acids is 1. The standard InChI is InChI=1S/C19H24N4O3/c1-13-15(12-23(3)20-13)11-22(2)19(24)18-10-16(21-26-18)8-14-6-5-7-17(9-14)25-4/h5-7,9,12,18H,8,10-11H2,1-4H3. The maximum Gasteiger partial charge on any atom is 0.266 e. The van der Waals surface area contributed by atoms with Gasteiger partial charge in [-0.3, -0.25) is 9.48 Å². The van der Waals surface area contributed by atoms with Crippen LogP contribution in [0.5, 0.6) is 5.75 Å². The Hall–Kier alpha value is -2.83. The van der Waals surface area contributed by atoms with Gasteiger partial charge in [0.15, 0.2) is 0 Å². The molecule has 0 radical (unpaired) electrons. The highest BCUT2D eigenvalue weighted by Gasteiger charge is 2.30. The zero-order valence-corrected chi connectivity index (χ0v) is 15.6. The van der Waals surface area contributed by atoms with E-state index in [4.69, 9.17) is 9.57 Å². The Labute approximate surface area is 153 Å². The molecule has 0 aliphatic carbocycles. The van der Waals surface area contributed by atoms with Crippen LogP contribution in [0.2, 0.25) is 0 Å². The van der Waals surface area contributed by atoms with Gasteiger partial charge in [-0.25, -0.2) is 0 Å². The minimum Gasteiger partial charge on any atom is -0.497 e. The van der Waals surface area contributed by atoms with Gasteiger partial charge in [0.05, 0.1) is 18.5 Å². The lowest BCUT2D eigenvalue weighted by atomic mass is 10.0. The molecule has 0 N–H and O–H groups in total. The maximum absolute atomic E-state index is 12.6. The third kappa shape index (κ3) is 4.04. The molecule has 1 amide bonds. The summed E-state index contributed by atoms with van der Waals surface area (Å²) in [5, 5.41) is 8.42. The number of amides is 1. The molecule has 1 unspecified atom stereocenters. The van der Waals surface area contributed by atoms with E-state index >= 15 is 0 Å². The second kappa shape index (κ2) is 7.59. The highest BCUT2D eigenvalue weighted by molar-refractivity contribution is 5.93. The summed E-state index contributed by atoms with van der Waals surface area (Å²) in [4.78, 5) is 19.7. The van der Waals surface area contributed by atoms with Crippen molar-refractivity contribution >= 4 is 11.6 Å². The summed E-state index contributed by atoms with van der Waals surface area (Å²) in [5.74, 6) is 0.735. The van der Waals surface area contributed by atoms with E-state index in [-0.39, 0.29) is 5.91 Å². The van der Waals surface area contributed by atoms with E-state index in [2.05, 4.69) is 10.3 Å². The Bertz CT molecular complexity index is 828. The van der Waals surface area contributed by atoms with Crippen LogP contribution in [-0.4, -0.2) is 46.6 Å². The lowest BCUT2D eigenvalue weighted by molar-refractivity contribution is -0.141. The van der Waals surface area contributed by atoms with Gasteiger partial charge in [-0.05, 0) is 24.6 Å². The average molecular weight is 356 g/mol. The molecule has 1 aliphatic rings. The van der Waals surface area contributed by atoms with E-state index in [1.54, 1.807) is 23.7 Å². The summed E-state index contributed by atoms with van der Waals surface area (Å²) in [6.45, 7) is 2.44. The van der Waals surface area contributed by atoms with Gasteiger partial charge in [-0.15, -0.1) is 0 Å². The first-order valence-corrected chi connectivity index (χ1v) is 8.55. The number of methoxy groups -OCH3 is 1. The van der Waals surface area contributed by atoms with Crippen LogP contribution in [0.25, 0.3) is 0 Å². The molecule has 2 aromatic rings. The van der Waals surface area contributed by atoms with Gasteiger partial charge in [0.1, 0.15) is 5.75 Å². The maximum atomic E-state index is 12.6. The van der Waals surface area contributed by atoms with Crippen molar-refractivity contribution in [3.05, 3.63) is 47.3 Å². The van der Waals surface area contributed by atoms with Crippen molar-refractivity contribution in [2.45, 2.75) is 32.4 Å². The van der Waals surface area contributed by atoms with Crippen LogP contribution in [0, 0.1) is 6.92 Å². The number of ether oxygens (including phenoxy) is 1. The van der Waals surface area contributed by atoms with Crippen molar-refractivity contribution in [3.8, 4) is 5.75 Å². The Kier molecular flexibility index (Phi) is 5.25. The topological polar surface area (TPSA) is 69.0 Å². The Balaban J connectivity index is 1.56. The number of rotatable bonds is 6. The molecule has 1 aromatic carbocycles. The monoisotopic (exact) mass is 356 g/mol. The van der Waals surface area contributed by atoms with Gasteiger partial charge < -0.3 is 14.5 Å². The Morgan fingerprint density at radius 3 is 2.96 bits per heavy atom. The molecule has 0 saturated heterocycles. The highest BCUT2D eigenvalue weighted by Crippen LogP contribution is 2.19. The van der Waals surface area contributed by atoms with Crippen LogP contribution < -0.4 is 4.74 Å². The van der Waals surface area contributed by atoms with Crippen LogP contribution in [-0.2, 0) is 29.6 Å². The lowest BCUT2D eigenvalue weighted by Crippen LogP contribution is -2.36. The van der Waals surface area contributed by atoms with Gasteiger partial charge in [-0.2, -0.15) is 5.10 Å². The molecule has 0 spiro atoms. The zero-order valence-electron chi connectivity index (χ0n) is 15.6. The summed E-state index contributed by atoms with van der Waals surface area (Å²) >= 11 is 0. The molecule has 0 saturated carbocycles. The van der Waals surface area contributed by atoms with E-state index in [9.17, 15) is 4.79 Å². The molecule has 1 atom stereocenters. The fourth-order valence-corrected chi connectivity index (χ4v) is 3.06. The number of hydrogen-bond acceptors (Lipinski definition) is 5. The molecule has 7 heteroatoms. The van der Waals surface area contributed by atoms with Crippen molar-refractivity contribution in [2.75, 3.05) is 14.2 Å². The van der Waals surface area contributed by atoms with E-state index < -0.39 is 6.10 Å². The van der Waals surface area contributed by atoms with Gasteiger partial charge >= 0.3 is 0 Å². The number of carbonyl (C=O) groups is 1. The molecule has 7 nitrogen and oxygen atoms in total. The number of aryl methyl sites for hydroxylation is 2. The van der Waals surface area contributed by atoms with Crippen molar-refractivity contribution in [1.29, 1.82) is 0 Å². The number of benzene rings is 1. The lowest BCUT2D eigenvalue weighted by Gasteiger charge is -2.19. The van der Waals surface area contributed by atoms with Crippen LogP contribution in [0.4, 0.5) is 0 Å². The summed E-state index contributed by atoms with van der Waals surface area (Å²) in [5.41, 5.74) is 3.90. The second-order valence-corrected chi connectivity index (χ2v) is 6.59. The van der Waals surface area contributed by atoms with Crippen molar-refractivity contribution in [3.63, 3.8) is 0 Å². The number of oxime groups is 1. The SMILES string of the molecule is COc1cccc(CC2=NOC(C(=O)N(C)Cc3cn(C)nc3C)C2)c1. The molecule has 0 fully saturated rings. The third-order valence-electron chi connectivity index (χ3n) is 4.45. The molecule has 3 rings (SSSR count). The zero-order chi connectivity index (χ0) is 18.7. The largest absolute Gasteiger partial charge is 0.497 e. The first-order chi connectivity index (χ1) is 12.5. The number of nitrogens with zero attached hydrogens (tertiary/aromatic N) is 4. The number of hydrogen-bond donors (Lipinski definition) is 0. The van der Waals surface area contributed by atoms with E-state index in [0.29, 0.717) is 19.4 Å². The summed E-state index contributed by atoms with van der Waals surface area (Å²) in [6.07, 6.45) is 2.52. The van der Waals surface area contributed by atoms with Crippen LogP contribution in [0.3, 0.4) is 0 Å². The van der Waals surface area contributed by atoms with Crippen molar-refractivity contribution in [1.82, 2.24) is 14.7 Å². The number of likely N-dealkylation sites (N-methyl/N-ethyl adjacent to an activating group) is 1. The predicted molar refractivity (Wildman–Crippen MR) is 98.0 cm³/mol. The first kappa shape index (κ1) is 18.0. The van der Waals surface area contributed by atoms with Gasteiger partial charge in [0.2, 0.25) is 6.10 Å². The van der Waals surface area contributed by atoms with Gasteiger partial charge in [0.25, 0.3) is 5.91 Å². The van der Waals surface area contributed by atoms with Crippen LogP contribution in [0.1, 0.15) is 23.2 Å². The summed E-state index contributed by atoms with van der Waals surface area (Å²) in [6, 6.07) is 7.82. The normalized spacial score (nSPS) is 16.2. The molecule has 2 heterocycles. The highest BCUT2D eigenvalue weighted by atomic mass is 16.6. The van der Waals surface area contributed by atoms with Crippen molar-refractivity contribution < 1.29 is 14.4 Å². The van der Waals surface area contributed by atoms with E-state index in [0.717, 1.165) is 28.3 Å². The fraction of sp³-hybridized carbons (Fsp3) is 0.421. The molecular weight excluding hydrogens is 332 g/mol. The first-order valence-electron chi connectivity index (χ1n) is 8.55. The van der Waals surface area contributed by atoms with E-state index in [1.807, 2.05) is 44.4 Å². The average Bonchev–Trinajstić information content (AvgIpc) is 3.20. The molecule has 1 aliphatic heterocycles. The van der Waals surface area contributed by atoms with Crippen molar-refractivity contribution in [2.24, 2.45) is 12.2 Å². The summed E-state index contributed by atoms with van der Waals surface area (Å²) in [7, 11) is 5.29. The van der Waals surface area contributed by atoms with Crippen LogP contribution >= 0.6 is 0 Å². The second-order valence-electron chi connectivity index (χ2n) is 6.59. The molecule has 138 valence electrons. The summed E-state index contributed by atoms with van der Waals surface area (Å²) < 4.78 is 6.99. The molecular formula is C19H24N4O3. The fourth-order valence-electron chi connectivity index (χ4n) is 3.06. The number of aromatic nitrogens is 2.